The van der Waals surface area contributed by atoms with Crippen molar-refractivity contribution in [1.82, 2.24) is 10.2 Å². The van der Waals surface area contributed by atoms with Gasteiger partial charge in [-0.1, -0.05) is 34.6 Å². The molecule has 1 rings (SSSR count). The number of rotatable bonds is 4. The third-order valence-corrected chi connectivity index (χ3v) is 4.01. The minimum Gasteiger partial charge on any atom is -0.311 e. The fourth-order valence-electron chi connectivity index (χ4n) is 2.67. The van der Waals surface area contributed by atoms with Crippen LogP contribution >= 0.6 is 0 Å². The maximum Gasteiger partial charge on any atom is 0.0278 e. The summed E-state index contributed by atoms with van der Waals surface area (Å²) in [4.78, 5) is 2.70. The summed E-state index contributed by atoms with van der Waals surface area (Å²) in [6, 6.07) is 0.679. The highest BCUT2D eigenvalue weighted by Crippen LogP contribution is 2.25. The quantitative estimate of drug-likeness (QED) is 0.826. The second-order valence-corrected chi connectivity index (χ2v) is 8.28. The molecule has 1 heterocycles. The molecular formula is C16H34N2. The molecule has 0 aromatic heterocycles. The lowest BCUT2D eigenvalue weighted by atomic mass is 9.89. The summed E-state index contributed by atoms with van der Waals surface area (Å²) in [6.07, 6.45) is 2.58. The average molecular weight is 254 g/mol. The van der Waals surface area contributed by atoms with Crippen LogP contribution in [0.15, 0.2) is 0 Å². The molecule has 0 spiro atoms. The second kappa shape index (κ2) is 5.92. The molecule has 1 N–H and O–H groups in total. The number of hydrogen-bond donors (Lipinski definition) is 1. The van der Waals surface area contributed by atoms with Crippen molar-refractivity contribution >= 4 is 0 Å². The van der Waals surface area contributed by atoms with E-state index >= 15 is 0 Å². The fraction of sp³-hybridized carbons (Fsp3) is 1.00. The molecule has 0 aromatic carbocycles. The molecule has 18 heavy (non-hydrogen) atoms. The zero-order chi connectivity index (χ0) is 14.0. The maximum atomic E-state index is 3.73. The van der Waals surface area contributed by atoms with Gasteiger partial charge in [-0.2, -0.15) is 0 Å². The van der Waals surface area contributed by atoms with E-state index in [1.165, 1.54) is 25.9 Å². The lowest BCUT2D eigenvalue weighted by molar-refractivity contribution is 0.0511. The highest BCUT2D eigenvalue weighted by molar-refractivity contribution is 4.93. The van der Waals surface area contributed by atoms with Crippen LogP contribution in [0.2, 0.25) is 0 Å². The van der Waals surface area contributed by atoms with Gasteiger partial charge in [0, 0.05) is 24.7 Å². The van der Waals surface area contributed by atoms with Gasteiger partial charge in [-0.3, -0.25) is 4.90 Å². The summed E-state index contributed by atoms with van der Waals surface area (Å²) in [6.45, 7) is 20.0. The minimum atomic E-state index is 0.304. The van der Waals surface area contributed by atoms with Crippen LogP contribution in [0.4, 0.5) is 0 Å². The van der Waals surface area contributed by atoms with E-state index in [4.69, 9.17) is 0 Å². The third-order valence-electron chi connectivity index (χ3n) is 4.01. The number of nitrogens with one attached hydrogen (secondary N) is 1. The van der Waals surface area contributed by atoms with Gasteiger partial charge in [0.15, 0.2) is 0 Å². The van der Waals surface area contributed by atoms with Gasteiger partial charge >= 0.3 is 0 Å². The van der Waals surface area contributed by atoms with Crippen molar-refractivity contribution in [2.45, 2.75) is 72.9 Å². The van der Waals surface area contributed by atoms with Gasteiger partial charge in [0.25, 0.3) is 0 Å². The Bertz CT molecular complexity index is 250. The second-order valence-electron chi connectivity index (χ2n) is 8.28. The molecular weight excluding hydrogens is 220 g/mol. The molecule has 1 aliphatic heterocycles. The summed E-state index contributed by atoms with van der Waals surface area (Å²) in [5, 5.41) is 3.73. The smallest absolute Gasteiger partial charge is 0.0278 e. The molecule has 0 radical (unpaired) electrons. The van der Waals surface area contributed by atoms with Crippen LogP contribution in [-0.4, -0.2) is 36.1 Å². The topological polar surface area (TPSA) is 15.3 Å². The van der Waals surface area contributed by atoms with Crippen molar-refractivity contribution in [3.05, 3.63) is 0 Å². The number of piperazine rings is 1. The molecule has 2 heteroatoms. The lowest BCUT2D eigenvalue weighted by Gasteiger charge is -2.47. The normalized spacial score (nSPS) is 25.7. The molecule has 1 aliphatic rings. The van der Waals surface area contributed by atoms with Gasteiger partial charge < -0.3 is 5.32 Å². The van der Waals surface area contributed by atoms with Crippen molar-refractivity contribution in [2.75, 3.05) is 19.6 Å². The first-order chi connectivity index (χ1) is 8.10. The SMILES string of the molecule is CC(C)CC1CN(CCC(C)(C)C)C(C)(C)CN1. The van der Waals surface area contributed by atoms with Crippen LogP contribution in [0, 0.1) is 11.3 Å². The van der Waals surface area contributed by atoms with Crippen molar-refractivity contribution in [1.29, 1.82) is 0 Å². The fourth-order valence-corrected chi connectivity index (χ4v) is 2.67. The predicted octanol–water partition coefficient (Wildman–Crippen LogP) is 3.52. The standard InChI is InChI=1S/C16H34N2/c1-13(2)10-14-11-18(9-8-15(3,4)5)16(6,7)12-17-14/h13-14,17H,8-12H2,1-7H3. The van der Waals surface area contributed by atoms with Gasteiger partial charge in [0.1, 0.15) is 0 Å². The van der Waals surface area contributed by atoms with Crippen LogP contribution in [0.1, 0.15) is 61.3 Å². The molecule has 0 aliphatic carbocycles. The first-order valence-electron chi connectivity index (χ1n) is 7.58. The van der Waals surface area contributed by atoms with Gasteiger partial charge in [0.05, 0.1) is 0 Å². The van der Waals surface area contributed by atoms with Crippen LogP contribution < -0.4 is 5.32 Å². The molecule has 0 amide bonds. The van der Waals surface area contributed by atoms with Crippen molar-refractivity contribution < 1.29 is 0 Å². The lowest BCUT2D eigenvalue weighted by Crippen LogP contribution is -2.62. The zero-order valence-corrected chi connectivity index (χ0v) is 13.6. The van der Waals surface area contributed by atoms with E-state index in [1.807, 2.05) is 0 Å². The van der Waals surface area contributed by atoms with Crippen molar-refractivity contribution in [3.63, 3.8) is 0 Å². The van der Waals surface area contributed by atoms with Gasteiger partial charge in [-0.25, -0.2) is 0 Å². The molecule has 0 bridgehead atoms. The largest absolute Gasteiger partial charge is 0.311 e. The summed E-state index contributed by atoms with van der Waals surface area (Å²) >= 11 is 0. The molecule has 1 fully saturated rings. The monoisotopic (exact) mass is 254 g/mol. The van der Waals surface area contributed by atoms with E-state index in [9.17, 15) is 0 Å². The Morgan fingerprint density at radius 2 is 1.89 bits per heavy atom. The summed E-state index contributed by atoms with van der Waals surface area (Å²) in [7, 11) is 0. The Kier molecular flexibility index (Phi) is 5.25. The van der Waals surface area contributed by atoms with E-state index in [0.29, 0.717) is 17.0 Å². The van der Waals surface area contributed by atoms with Gasteiger partial charge in [0.2, 0.25) is 0 Å². The summed E-state index contributed by atoms with van der Waals surface area (Å²) in [5.74, 6) is 0.785. The van der Waals surface area contributed by atoms with Crippen LogP contribution in [0.5, 0.6) is 0 Å². The van der Waals surface area contributed by atoms with E-state index in [-0.39, 0.29) is 0 Å². The van der Waals surface area contributed by atoms with Crippen molar-refractivity contribution in [3.8, 4) is 0 Å². The highest BCUT2D eigenvalue weighted by Gasteiger charge is 2.34. The Hall–Kier alpha value is -0.0800. The van der Waals surface area contributed by atoms with Gasteiger partial charge in [-0.05, 0) is 44.6 Å². The summed E-state index contributed by atoms with van der Waals surface area (Å²) in [5.41, 5.74) is 0.743. The van der Waals surface area contributed by atoms with Gasteiger partial charge in [-0.15, -0.1) is 0 Å². The summed E-state index contributed by atoms with van der Waals surface area (Å²) < 4.78 is 0. The molecule has 1 unspecified atom stereocenters. The Morgan fingerprint density at radius 1 is 1.28 bits per heavy atom. The molecule has 2 nitrogen and oxygen atoms in total. The molecule has 108 valence electrons. The third kappa shape index (κ3) is 5.27. The van der Waals surface area contributed by atoms with E-state index in [0.717, 1.165) is 12.5 Å². The minimum absolute atomic E-state index is 0.304. The van der Waals surface area contributed by atoms with Crippen LogP contribution in [0.25, 0.3) is 0 Å². The Labute approximate surface area is 115 Å². The number of nitrogens with zero attached hydrogens (tertiary/aromatic N) is 1. The van der Waals surface area contributed by atoms with E-state index in [1.54, 1.807) is 0 Å². The first kappa shape index (κ1) is 16.0. The van der Waals surface area contributed by atoms with E-state index in [2.05, 4.69) is 58.7 Å². The number of hydrogen-bond acceptors (Lipinski definition) is 2. The van der Waals surface area contributed by atoms with Crippen LogP contribution in [0.3, 0.4) is 0 Å². The molecule has 0 saturated carbocycles. The predicted molar refractivity (Wildman–Crippen MR) is 81.0 cm³/mol. The molecule has 1 saturated heterocycles. The Morgan fingerprint density at radius 3 is 2.39 bits per heavy atom. The van der Waals surface area contributed by atoms with Crippen LogP contribution in [-0.2, 0) is 0 Å². The average Bonchev–Trinajstić information content (AvgIpc) is 2.16. The highest BCUT2D eigenvalue weighted by atomic mass is 15.3. The Balaban J connectivity index is 2.54. The first-order valence-corrected chi connectivity index (χ1v) is 7.58. The molecule has 0 aromatic rings. The maximum absolute atomic E-state index is 3.73. The zero-order valence-electron chi connectivity index (χ0n) is 13.6. The van der Waals surface area contributed by atoms with E-state index < -0.39 is 0 Å². The molecule has 1 atom stereocenters. The van der Waals surface area contributed by atoms with Crippen molar-refractivity contribution in [2.24, 2.45) is 11.3 Å².